The van der Waals surface area contributed by atoms with Gasteiger partial charge in [-0.25, -0.2) is 4.79 Å². The Kier molecular flexibility index (Phi) is 4.95. The molecule has 0 aromatic carbocycles. The number of aromatic nitrogens is 2. The van der Waals surface area contributed by atoms with Crippen LogP contribution in [0.25, 0.3) is 0 Å². The van der Waals surface area contributed by atoms with Crippen LogP contribution in [0.1, 0.15) is 0 Å². The van der Waals surface area contributed by atoms with Gasteiger partial charge in [-0.1, -0.05) is 0 Å². The zero-order valence-corrected chi connectivity index (χ0v) is 13.8. The lowest BCUT2D eigenvalue weighted by atomic mass is 10.3. The van der Waals surface area contributed by atoms with Crippen LogP contribution in [-0.2, 0) is 4.79 Å². The Morgan fingerprint density at radius 3 is 1.48 bits per heavy atom. The van der Waals surface area contributed by atoms with Gasteiger partial charge >= 0.3 is 11.8 Å². The first kappa shape index (κ1) is 16.5. The minimum absolute atomic E-state index is 0.535. The number of rotatable bonds is 5. The van der Waals surface area contributed by atoms with E-state index in [2.05, 4.69) is 0 Å². The van der Waals surface area contributed by atoms with Gasteiger partial charge in [0.05, 0.1) is 0 Å². The van der Waals surface area contributed by atoms with Crippen molar-refractivity contribution in [1.29, 1.82) is 0 Å². The Bertz CT molecular complexity index is 651. The molecular formula is C17H22N4O2+2. The van der Waals surface area contributed by atoms with E-state index in [4.69, 9.17) is 0 Å². The van der Waals surface area contributed by atoms with Gasteiger partial charge in [0, 0.05) is 63.8 Å². The first-order valence-corrected chi connectivity index (χ1v) is 7.21. The summed E-state index contributed by atoms with van der Waals surface area (Å²) in [6.45, 7) is 0. The Morgan fingerprint density at radius 2 is 1.22 bits per heavy atom. The molecule has 0 atom stereocenters. The number of hydrogen-bond acceptors (Lipinski definition) is 3. The van der Waals surface area contributed by atoms with Crippen LogP contribution in [0.15, 0.2) is 55.1 Å². The van der Waals surface area contributed by atoms with E-state index in [1.54, 1.807) is 9.13 Å². The van der Waals surface area contributed by atoms with Crippen molar-refractivity contribution in [2.75, 3.05) is 38.0 Å². The second kappa shape index (κ2) is 6.91. The van der Waals surface area contributed by atoms with Gasteiger partial charge in [0.1, 0.15) is 0 Å². The minimum atomic E-state index is -0.992. The van der Waals surface area contributed by atoms with Gasteiger partial charge in [0.25, 0.3) is 0 Å². The minimum Gasteiger partial charge on any atom is -0.478 e. The highest BCUT2D eigenvalue weighted by atomic mass is 16.4. The molecule has 0 bridgehead atoms. The molecule has 0 aliphatic heterocycles. The average Bonchev–Trinajstić information content (AvgIpc) is 2.52. The van der Waals surface area contributed by atoms with Crippen LogP contribution in [0.4, 0.5) is 11.4 Å². The van der Waals surface area contributed by atoms with Crippen molar-refractivity contribution < 1.29 is 19.0 Å². The van der Waals surface area contributed by atoms with Crippen molar-refractivity contribution in [3.63, 3.8) is 0 Å². The summed E-state index contributed by atoms with van der Waals surface area (Å²) in [6, 6.07) is 7.74. The summed E-state index contributed by atoms with van der Waals surface area (Å²) in [6.07, 6.45) is 8.56. The van der Waals surface area contributed by atoms with Gasteiger partial charge in [0.2, 0.25) is 0 Å². The average molecular weight is 314 g/mol. The van der Waals surface area contributed by atoms with Crippen molar-refractivity contribution in [3.05, 3.63) is 60.9 Å². The molecule has 0 amide bonds. The van der Waals surface area contributed by atoms with E-state index in [9.17, 15) is 9.90 Å². The molecule has 0 radical (unpaired) electrons. The Morgan fingerprint density at radius 1 is 0.870 bits per heavy atom. The first-order chi connectivity index (χ1) is 10.9. The van der Waals surface area contributed by atoms with Gasteiger partial charge in [0.15, 0.2) is 30.9 Å². The number of pyridine rings is 2. The van der Waals surface area contributed by atoms with Crippen LogP contribution in [0.3, 0.4) is 0 Å². The summed E-state index contributed by atoms with van der Waals surface area (Å²) < 4.78 is 3.55. The lowest BCUT2D eigenvalue weighted by Crippen LogP contribution is -2.53. The fourth-order valence-corrected chi connectivity index (χ4v) is 2.13. The number of carbonyl (C=O) groups is 1. The maximum absolute atomic E-state index is 11.2. The standard InChI is InChI=1S/C17H21N4O2/c1-18(2)14-5-9-20(10-6-14)16(13-17(22)23)21-11-7-15(8-12-21)19(3)4/h5-13H,1-4H3/q+1/p+1. The molecule has 120 valence electrons. The Balaban J connectivity index is 2.43. The molecule has 0 aliphatic rings. The largest absolute Gasteiger partial charge is 0.478 e. The molecule has 2 heterocycles. The predicted molar refractivity (Wildman–Crippen MR) is 88.2 cm³/mol. The first-order valence-electron chi connectivity index (χ1n) is 7.21. The third-order valence-corrected chi connectivity index (χ3v) is 3.44. The van der Waals surface area contributed by atoms with E-state index in [1.807, 2.05) is 87.0 Å². The molecule has 2 aromatic rings. The quantitative estimate of drug-likeness (QED) is 0.650. The lowest BCUT2D eigenvalue weighted by Gasteiger charge is -2.11. The van der Waals surface area contributed by atoms with Crippen LogP contribution in [0.2, 0.25) is 0 Å². The summed E-state index contributed by atoms with van der Waals surface area (Å²) in [7, 11) is 7.84. The monoisotopic (exact) mass is 314 g/mol. The van der Waals surface area contributed by atoms with Gasteiger partial charge in [-0.15, -0.1) is 9.13 Å². The lowest BCUT2D eigenvalue weighted by molar-refractivity contribution is -0.836. The van der Waals surface area contributed by atoms with Crippen LogP contribution in [0.5, 0.6) is 0 Å². The molecule has 2 aromatic heterocycles. The summed E-state index contributed by atoms with van der Waals surface area (Å²) in [5.41, 5.74) is 2.09. The maximum Gasteiger partial charge on any atom is 0.461 e. The van der Waals surface area contributed by atoms with Crippen molar-refractivity contribution in [2.24, 2.45) is 0 Å². The van der Waals surface area contributed by atoms with Crippen LogP contribution in [-0.4, -0.2) is 39.3 Å². The van der Waals surface area contributed by atoms with Gasteiger partial charge in [-0.2, -0.15) is 0 Å². The molecule has 0 fully saturated rings. The number of carboxylic acid groups (broad SMARTS) is 1. The summed E-state index contributed by atoms with van der Waals surface area (Å²) in [5, 5.41) is 9.17. The highest BCUT2D eigenvalue weighted by Crippen LogP contribution is 2.08. The van der Waals surface area contributed by atoms with Gasteiger partial charge < -0.3 is 14.9 Å². The summed E-state index contributed by atoms with van der Waals surface area (Å²) in [4.78, 5) is 15.2. The van der Waals surface area contributed by atoms with Crippen molar-refractivity contribution in [2.45, 2.75) is 0 Å². The molecule has 0 aliphatic carbocycles. The van der Waals surface area contributed by atoms with Crippen LogP contribution < -0.4 is 18.9 Å². The Labute approximate surface area is 136 Å². The van der Waals surface area contributed by atoms with E-state index >= 15 is 0 Å². The highest BCUT2D eigenvalue weighted by molar-refractivity contribution is 5.79. The zero-order valence-electron chi connectivity index (χ0n) is 13.8. The number of anilines is 2. The highest BCUT2D eigenvalue weighted by Gasteiger charge is 2.23. The molecule has 0 saturated heterocycles. The van der Waals surface area contributed by atoms with Gasteiger partial charge in [-0.3, -0.25) is 0 Å². The second-order valence-electron chi connectivity index (χ2n) is 5.56. The molecule has 6 heteroatoms. The number of carboxylic acids is 1. The normalized spacial score (nSPS) is 10.1. The van der Waals surface area contributed by atoms with E-state index in [1.165, 1.54) is 6.08 Å². The molecule has 6 nitrogen and oxygen atoms in total. The van der Waals surface area contributed by atoms with E-state index in [0.29, 0.717) is 5.82 Å². The SMILES string of the molecule is CN(C)c1cc[n+](C(=CC(=O)O)[n+]2ccc(N(C)C)cc2)cc1. The van der Waals surface area contributed by atoms with Crippen LogP contribution in [0, 0.1) is 5.82 Å². The van der Waals surface area contributed by atoms with E-state index < -0.39 is 5.97 Å². The molecule has 0 spiro atoms. The number of aliphatic carboxylic acids is 1. The van der Waals surface area contributed by atoms with Gasteiger partial charge in [-0.05, 0) is 0 Å². The topological polar surface area (TPSA) is 51.5 Å². The molecule has 0 saturated carbocycles. The zero-order chi connectivity index (χ0) is 17.0. The third-order valence-electron chi connectivity index (χ3n) is 3.44. The van der Waals surface area contributed by atoms with Crippen LogP contribution >= 0.6 is 0 Å². The third kappa shape index (κ3) is 4.06. The molecule has 1 N–H and O–H groups in total. The second-order valence-corrected chi connectivity index (χ2v) is 5.56. The van der Waals surface area contributed by atoms with E-state index in [0.717, 1.165) is 11.4 Å². The summed E-state index contributed by atoms with van der Waals surface area (Å²) in [5.74, 6) is -0.457. The maximum atomic E-state index is 11.2. The van der Waals surface area contributed by atoms with Crippen molar-refractivity contribution >= 4 is 17.3 Å². The number of nitrogens with zero attached hydrogens (tertiary/aromatic N) is 4. The fourth-order valence-electron chi connectivity index (χ4n) is 2.13. The van der Waals surface area contributed by atoms with Crippen molar-refractivity contribution in [1.82, 2.24) is 0 Å². The molecule has 0 unspecified atom stereocenters. The smallest absolute Gasteiger partial charge is 0.461 e. The number of hydrogen-bond donors (Lipinski definition) is 1. The molecular weight excluding hydrogens is 292 g/mol. The Hall–Kier alpha value is -2.89. The summed E-state index contributed by atoms with van der Waals surface area (Å²) >= 11 is 0. The van der Waals surface area contributed by atoms with Crippen molar-refractivity contribution in [3.8, 4) is 0 Å². The van der Waals surface area contributed by atoms with E-state index in [-0.39, 0.29) is 0 Å². The molecule has 23 heavy (non-hydrogen) atoms. The molecule has 2 rings (SSSR count). The predicted octanol–water partition coefficient (Wildman–Crippen LogP) is 0.642. The fraction of sp³-hybridized carbons (Fsp3) is 0.235.